The number of halogens is 1. The van der Waals surface area contributed by atoms with E-state index in [-0.39, 0.29) is 17.8 Å². The highest BCUT2D eigenvalue weighted by Gasteiger charge is 2.18. The smallest absolute Gasteiger partial charge is 0.269 e. The first-order chi connectivity index (χ1) is 12.5. The SMILES string of the molecule is CC(C)Oc1cc(F)ccc1-c1cc(C(=O)NCC2CCCCC2)[nH]n1. The van der Waals surface area contributed by atoms with E-state index < -0.39 is 0 Å². The molecule has 5 nitrogen and oxygen atoms in total. The van der Waals surface area contributed by atoms with Gasteiger partial charge in [-0.05, 0) is 50.8 Å². The van der Waals surface area contributed by atoms with Crippen LogP contribution in [-0.2, 0) is 0 Å². The van der Waals surface area contributed by atoms with Crippen LogP contribution in [0.1, 0.15) is 56.4 Å². The third kappa shape index (κ3) is 4.62. The van der Waals surface area contributed by atoms with Gasteiger partial charge in [0.25, 0.3) is 5.91 Å². The van der Waals surface area contributed by atoms with E-state index in [0.717, 1.165) is 0 Å². The zero-order valence-electron chi connectivity index (χ0n) is 15.3. The number of benzene rings is 1. The lowest BCUT2D eigenvalue weighted by molar-refractivity contribution is 0.0938. The van der Waals surface area contributed by atoms with Crippen molar-refractivity contribution in [3.05, 3.63) is 35.8 Å². The first-order valence-corrected chi connectivity index (χ1v) is 9.33. The van der Waals surface area contributed by atoms with Gasteiger partial charge in [-0.1, -0.05) is 19.3 Å². The maximum absolute atomic E-state index is 13.6. The number of hydrogen-bond donors (Lipinski definition) is 2. The molecule has 140 valence electrons. The standard InChI is InChI=1S/C20H26FN3O2/c1-13(2)26-19-10-15(21)8-9-16(19)17-11-18(24-23-17)20(25)22-12-14-6-4-3-5-7-14/h8-11,13-14H,3-7,12H2,1-2H3,(H,22,25)(H,23,24). The fourth-order valence-corrected chi connectivity index (χ4v) is 3.36. The number of rotatable bonds is 6. The molecule has 3 rings (SSSR count). The predicted molar refractivity (Wildman–Crippen MR) is 98.7 cm³/mol. The molecule has 1 heterocycles. The molecule has 0 bridgehead atoms. The topological polar surface area (TPSA) is 67.0 Å². The Kier molecular flexibility index (Phi) is 5.91. The average molecular weight is 359 g/mol. The highest BCUT2D eigenvalue weighted by Crippen LogP contribution is 2.30. The number of aromatic nitrogens is 2. The molecule has 1 aromatic heterocycles. The van der Waals surface area contributed by atoms with Crippen LogP contribution in [0.4, 0.5) is 4.39 Å². The van der Waals surface area contributed by atoms with Gasteiger partial charge in [-0.3, -0.25) is 9.89 Å². The summed E-state index contributed by atoms with van der Waals surface area (Å²) < 4.78 is 19.2. The maximum Gasteiger partial charge on any atom is 0.269 e. The van der Waals surface area contributed by atoms with Crippen LogP contribution in [-0.4, -0.2) is 28.8 Å². The van der Waals surface area contributed by atoms with Crippen LogP contribution in [0.5, 0.6) is 5.75 Å². The second-order valence-electron chi connectivity index (χ2n) is 7.19. The number of carbonyl (C=O) groups excluding carboxylic acids is 1. The first-order valence-electron chi connectivity index (χ1n) is 9.33. The van der Waals surface area contributed by atoms with Crippen molar-refractivity contribution in [1.29, 1.82) is 0 Å². The quantitative estimate of drug-likeness (QED) is 0.807. The minimum atomic E-state index is -0.370. The summed E-state index contributed by atoms with van der Waals surface area (Å²) in [5, 5.41) is 9.98. The summed E-state index contributed by atoms with van der Waals surface area (Å²) in [5.74, 6) is 0.451. The number of carbonyl (C=O) groups is 1. The van der Waals surface area contributed by atoms with Crippen LogP contribution in [0, 0.1) is 11.7 Å². The van der Waals surface area contributed by atoms with Crippen LogP contribution in [0.15, 0.2) is 24.3 Å². The Balaban J connectivity index is 1.70. The van der Waals surface area contributed by atoms with Crippen molar-refractivity contribution in [2.75, 3.05) is 6.54 Å². The van der Waals surface area contributed by atoms with Gasteiger partial charge in [0.1, 0.15) is 17.3 Å². The predicted octanol–water partition coefficient (Wildman–Crippen LogP) is 4.31. The zero-order valence-corrected chi connectivity index (χ0v) is 15.3. The lowest BCUT2D eigenvalue weighted by Crippen LogP contribution is -2.30. The molecule has 0 aliphatic heterocycles. The third-order valence-corrected chi connectivity index (χ3v) is 4.68. The largest absolute Gasteiger partial charge is 0.490 e. The summed E-state index contributed by atoms with van der Waals surface area (Å²) in [7, 11) is 0. The van der Waals surface area contributed by atoms with Gasteiger partial charge in [-0.2, -0.15) is 5.10 Å². The van der Waals surface area contributed by atoms with Gasteiger partial charge in [0, 0.05) is 18.2 Å². The van der Waals surface area contributed by atoms with Gasteiger partial charge < -0.3 is 10.1 Å². The minimum absolute atomic E-state index is 0.0900. The molecule has 26 heavy (non-hydrogen) atoms. The van der Waals surface area contributed by atoms with E-state index in [0.29, 0.717) is 35.2 Å². The van der Waals surface area contributed by atoms with Gasteiger partial charge in [0.15, 0.2) is 0 Å². The number of aromatic amines is 1. The number of ether oxygens (including phenoxy) is 1. The summed E-state index contributed by atoms with van der Waals surface area (Å²) in [6.07, 6.45) is 6.07. The molecular formula is C20H26FN3O2. The van der Waals surface area contributed by atoms with E-state index in [1.165, 1.54) is 44.2 Å². The van der Waals surface area contributed by atoms with Gasteiger partial charge in [-0.25, -0.2) is 4.39 Å². The Bertz CT molecular complexity index is 751. The second kappa shape index (κ2) is 8.34. The Labute approximate surface area is 153 Å². The van der Waals surface area contributed by atoms with E-state index in [1.54, 1.807) is 12.1 Å². The lowest BCUT2D eigenvalue weighted by atomic mass is 9.89. The molecule has 1 aromatic carbocycles. The molecule has 0 saturated heterocycles. The molecule has 0 spiro atoms. The van der Waals surface area contributed by atoms with Crippen molar-refractivity contribution in [3.8, 4) is 17.0 Å². The van der Waals surface area contributed by atoms with Crippen molar-refractivity contribution >= 4 is 5.91 Å². The summed E-state index contributed by atoms with van der Waals surface area (Å²) in [4.78, 5) is 12.4. The van der Waals surface area contributed by atoms with Crippen molar-refractivity contribution in [1.82, 2.24) is 15.5 Å². The van der Waals surface area contributed by atoms with Crippen LogP contribution in [0.2, 0.25) is 0 Å². The van der Waals surface area contributed by atoms with Crippen LogP contribution in [0.3, 0.4) is 0 Å². The van der Waals surface area contributed by atoms with Gasteiger partial charge in [-0.15, -0.1) is 0 Å². The molecule has 2 N–H and O–H groups in total. The van der Waals surface area contributed by atoms with E-state index >= 15 is 0 Å². The minimum Gasteiger partial charge on any atom is -0.490 e. The fraction of sp³-hybridized carbons (Fsp3) is 0.500. The third-order valence-electron chi connectivity index (χ3n) is 4.68. The molecule has 0 unspecified atom stereocenters. The maximum atomic E-state index is 13.6. The van der Waals surface area contributed by atoms with E-state index in [4.69, 9.17) is 4.74 Å². The Hall–Kier alpha value is -2.37. The summed E-state index contributed by atoms with van der Waals surface area (Å²) >= 11 is 0. The second-order valence-corrected chi connectivity index (χ2v) is 7.19. The average Bonchev–Trinajstić information content (AvgIpc) is 3.10. The van der Waals surface area contributed by atoms with Crippen molar-refractivity contribution < 1.29 is 13.9 Å². The molecule has 2 aromatic rings. The van der Waals surface area contributed by atoms with Crippen molar-refractivity contribution in [2.45, 2.75) is 52.1 Å². The Morgan fingerprint density at radius 1 is 1.31 bits per heavy atom. The number of nitrogens with one attached hydrogen (secondary N) is 2. The molecule has 0 atom stereocenters. The summed E-state index contributed by atoms with van der Waals surface area (Å²) in [6, 6.07) is 6.00. The monoisotopic (exact) mass is 359 g/mol. The fourth-order valence-electron chi connectivity index (χ4n) is 3.36. The van der Waals surface area contributed by atoms with E-state index in [9.17, 15) is 9.18 Å². The summed E-state index contributed by atoms with van der Waals surface area (Å²) in [6.45, 7) is 4.46. The van der Waals surface area contributed by atoms with E-state index in [1.807, 2.05) is 13.8 Å². The molecule has 1 fully saturated rings. The number of H-pyrrole nitrogens is 1. The molecule has 0 radical (unpaired) electrons. The van der Waals surface area contributed by atoms with Gasteiger partial charge in [0.05, 0.1) is 11.8 Å². The van der Waals surface area contributed by atoms with Crippen LogP contribution < -0.4 is 10.1 Å². The molecule has 6 heteroatoms. The number of hydrogen-bond acceptors (Lipinski definition) is 3. The molecule has 1 amide bonds. The molecular weight excluding hydrogens is 333 g/mol. The highest BCUT2D eigenvalue weighted by atomic mass is 19.1. The van der Waals surface area contributed by atoms with Crippen molar-refractivity contribution in [3.63, 3.8) is 0 Å². The van der Waals surface area contributed by atoms with Crippen LogP contribution >= 0.6 is 0 Å². The molecule has 1 saturated carbocycles. The number of amides is 1. The zero-order chi connectivity index (χ0) is 18.5. The molecule has 1 aliphatic carbocycles. The van der Waals surface area contributed by atoms with Gasteiger partial charge >= 0.3 is 0 Å². The van der Waals surface area contributed by atoms with Gasteiger partial charge in [0.2, 0.25) is 0 Å². The Morgan fingerprint density at radius 3 is 2.81 bits per heavy atom. The van der Waals surface area contributed by atoms with Crippen molar-refractivity contribution in [2.24, 2.45) is 5.92 Å². The van der Waals surface area contributed by atoms with E-state index in [2.05, 4.69) is 15.5 Å². The first kappa shape index (κ1) is 18.4. The molecule has 1 aliphatic rings. The highest BCUT2D eigenvalue weighted by molar-refractivity contribution is 5.93. The summed E-state index contributed by atoms with van der Waals surface area (Å²) in [5.41, 5.74) is 1.61. The normalized spacial score (nSPS) is 15.2. The Morgan fingerprint density at radius 2 is 2.08 bits per heavy atom. The van der Waals surface area contributed by atoms with Crippen LogP contribution in [0.25, 0.3) is 11.3 Å². The number of nitrogens with zero attached hydrogens (tertiary/aromatic N) is 1. The lowest BCUT2D eigenvalue weighted by Gasteiger charge is -2.21.